The van der Waals surface area contributed by atoms with Crippen LogP contribution in [0.4, 0.5) is 0 Å². The van der Waals surface area contributed by atoms with E-state index in [9.17, 15) is 10.2 Å². The molecule has 6 nitrogen and oxygen atoms in total. The molecular formula is C13H13BrClNO5. The van der Waals surface area contributed by atoms with Gasteiger partial charge in [0.25, 0.3) is 0 Å². The largest absolute Gasteiger partial charge is 0.468 e. The molecule has 1 saturated heterocycles. The molecule has 0 saturated carbocycles. The van der Waals surface area contributed by atoms with E-state index in [0.717, 1.165) is 10.9 Å². The van der Waals surface area contributed by atoms with Gasteiger partial charge in [-0.25, -0.2) is 0 Å². The Morgan fingerprint density at radius 3 is 2.86 bits per heavy atom. The van der Waals surface area contributed by atoms with Crippen LogP contribution in [0.1, 0.15) is 0 Å². The Morgan fingerprint density at radius 2 is 2.14 bits per heavy atom. The number of para-hydroxylation sites is 1. The number of ether oxygens (including phenoxy) is 2. The van der Waals surface area contributed by atoms with Crippen LogP contribution in [0.15, 0.2) is 30.3 Å². The van der Waals surface area contributed by atoms with E-state index in [1.807, 2.05) is 24.3 Å². The minimum Gasteiger partial charge on any atom is -0.468 e. The number of fused-ring (bicyclic) bond motifs is 1. The lowest BCUT2D eigenvalue weighted by Crippen LogP contribution is -2.46. The molecule has 8 heteroatoms. The van der Waals surface area contributed by atoms with E-state index < -0.39 is 23.6 Å². The van der Waals surface area contributed by atoms with Gasteiger partial charge in [0.15, 0.2) is 18.3 Å². The molecule has 0 aliphatic carbocycles. The van der Waals surface area contributed by atoms with Gasteiger partial charge >= 0.3 is 0 Å². The molecule has 1 aromatic heterocycles. The number of aromatic amines is 1. The van der Waals surface area contributed by atoms with E-state index in [1.165, 1.54) is 0 Å². The van der Waals surface area contributed by atoms with Crippen molar-refractivity contribution in [2.75, 3.05) is 6.61 Å². The van der Waals surface area contributed by atoms with Crippen LogP contribution in [0, 0.1) is 0 Å². The number of hydrogen-bond acceptors (Lipinski definition) is 5. The molecule has 4 atom stereocenters. The van der Waals surface area contributed by atoms with Gasteiger partial charge in [-0.3, -0.25) is 0 Å². The molecule has 0 spiro atoms. The quantitative estimate of drug-likeness (QED) is 0.708. The number of alkyl halides is 1. The van der Waals surface area contributed by atoms with Gasteiger partial charge in [-0.1, -0.05) is 29.8 Å². The van der Waals surface area contributed by atoms with Crippen molar-refractivity contribution in [3.05, 3.63) is 30.3 Å². The average Bonchev–Trinajstić information content (AvgIpc) is 2.94. The van der Waals surface area contributed by atoms with Crippen LogP contribution in [-0.4, -0.2) is 45.4 Å². The number of nitrogens with one attached hydrogen (secondary N) is 1. The first kappa shape index (κ1) is 15.1. The van der Waals surface area contributed by atoms with Crippen LogP contribution < -0.4 is 4.74 Å². The van der Waals surface area contributed by atoms with Gasteiger partial charge in [0.05, 0.1) is 16.3 Å². The number of H-pyrrole nitrogens is 1. The van der Waals surface area contributed by atoms with Crippen LogP contribution in [0.3, 0.4) is 0 Å². The zero-order valence-electron chi connectivity index (χ0n) is 10.7. The van der Waals surface area contributed by atoms with Gasteiger partial charge in [-0.2, -0.15) is 0 Å². The van der Waals surface area contributed by atoms with E-state index in [0.29, 0.717) is 5.88 Å². The molecule has 1 aliphatic rings. The molecule has 0 bridgehead atoms. The fourth-order valence-electron chi connectivity index (χ4n) is 2.34. The summed E-state index contributed by atoms with van der Waals surface area (Å²) in [7, 11) is 0. The van der Waals surface area contributed by atoms with E-state index in [4.69, 9.17) is 24.9 Å². The molecule has 1 aromatic carbocycles. The molecule has 0 unspecified atom stereocenters. The van der Waals surface area contributed by atoms with Crippen LogP contribution in [0.5, 0.6) is 5.88 Å². The van der Waals surface area contributed by atoms with Crippen LogP contribution in [-0.2, 0) is 8.57 Å². The maximum atomic E-state index is 9.99. The zero-order valence-corrected chi connectivity index (χ0v) is 13.0. The molecular weight excluding hydrogens is 366 g/mol. The van der Waals surface area contributed by atoms with E-state index in [2.05, 4.69) is 21.2 Å². The Kier molecular flexibility index (Phi) is 4.13. The molecule has 1 fully saturated rings. The summed E-state index contributed by atoms with van der Waals surface area (Å²) in [5, 5.41) is 19.1. The van der Waals surface area contributed by atoms with Crippen LogP contribution in [0.2, 0.25) is 0 Å². The third-order valence-electron chi connectivity index (χ3n) is 3.35. The maximum absolute atomic E-state index is 9.99. The predicted octanol–water partition coefficient (Wildman–Crippen LogP) is 1.89. The van der Waals surface area contributed by atoms with E-state index in [1.54, 1.807) is 6.07 Å². The number of aliphatic hydroxyl groups is 2. The van der Waals surface area contributed by atoms with Crippen molar-refractivity contribution in [2.24, 2.45) is 0 Å². The summed E-state index contributed by atoms with van der Waals surface area (Å²) in [5.41, 5.74) is 0.887. The van der Waals surface area contributed by atoms with E-state index in [-0.39, 0.29) is 6.61 Å². The van der Waals surface area contributed by atoms with Gasteiger partial charge in [0.1, 0.15) is 12.7 Å². The second-order valence-electron chi connectivity index (χ2n) is 4.80. The summed E-state index contributed by atoms with van der Waals surface area (Å²) in [6.45, 7) is -0.117. The third-order valence-corrected chi connectivity index (χ3v) is 4.00. The first-order valence-electron chi connectivity index (χ1n) is 6.24. The van der Waals surface area contributed by atoms with Gasteiger partial charge in [0, 0.05) is 17.0 Å². The third kappa shape index (κ3) is 2.77. The number of aromatic nitrogens is 1. The lowest BCUT2D eigenvalue weighted by molar-refractivity contribution is -0.141. The summed E-state index contributed by atoms with van der Waals surface area (Å²) in [4.78, 5) is 3.06. The number of benzene rings is 1. The van der Waals surface area contributed by atoms with Crippen LogP contribution >= 0.6 is 27.9 Å². The lowest BCUT2D eigenvalue weighted by atomic mass is 10.1. The smallest absolute Gasteiger partial charge is 0.208 e. The maximum Gasteiger partial charge on any atom is 0.208 e. The highest BCUT2D eigenvalue weighted by Crippen LogP contribution is 2.37. The molecule has 3 N–H and O–H groups in total. The van der Waals surface area contributed by atoms with Gasteiger partial charge in [-0.05, 0) is 6.07 Å². The molecule has 2 aromatic rings. The van der Waals surface area contributed by atoms with Crippen LogP contribution in [0.25, 0.3) is 10.9 Å². The zero-order chi connectivity index (χ0) is 15.0. The summed E-state index contributed by atoms with van der Waals surface area (Å²) in [6.07, 6.45) is -3.74. The van der Waals surface area contributed by atoms with Crippen molar-refractivity contribution in [2.45, 2.75) is 23.6 Å². The lowest BCUT2D eigenvalue weighted by Gasteiger charge is -2.26. The standard InChI is InChI=1S/C13H13BrClNO5/c14-19-6-13(15)11(10(17)12(18)21-13)20-9-5-7-3-1-2-4-8(7)16-9/h1-5,10-12,16-18H,6H2/t10-,11+,12-,13-/m1/s1. The molecule has 1 aliphatic heterocycles. The van der Waals surface area contributed by atoms with Crippen molar-refractivity contribution in [3.8, 4) is 5.88 Å². The summed E-state index contributed by atoms with van der Waals surface area (Å²) >= 11 is 9.02. The molecule has 2 heterocycles. The Labute approximate surface area is 134 Å². The fraction of sp³-hybridized carbons (Fsp3) is 0.385. The highest BCUT2D eigenvalue weighted by Gasteiger charge is 2.56. The fourth-order valence-corrected chi connectivity index (χ4v) is 3.13. The summed E-state index contributed by atoms with van der Waals surface area (Å²) < 4.78 is 15.6. The van der Waals surface area contributed by atoms with Crippen molar-refractivity contribution in [3.63, 3.8) is 0 Å². The second-order valence-corrected chi connectivity index (χ2v) is 5.90. The second kappa shape index (κ2) is 5.75. The molecule has 0 radical (unpaired) electrons. The highest BCUT2D eigenvalue weighted by molar-refractivity contribution is 9.06. The van der Waals surface area contributed by atoms with Crippen molar-refractivity contribution in [1.82, 2.24) is 4.98 Å². The van der Waals surface area contributed by atoms with Gasteiger partial charge < -0.3 is 28.5 Å². The number of rotatable bonds is 4. The number of aliphatic hydroxyl groups excluding tert-OH is 2. The molecule has 114 valence electrons. The first-order valence-corrected chi connectivity index (χ1v) is 7.27. The van der Waals surface area contributed by atoms with Gasteiger partial charge in [0.2, 0.25) is 5.06 Å². The summed E-state index contributed by atoms with van der Waals surface area (Å²) in [6, 6.07) is 9.39. The SMILES string of the molecule is O[C@H]1[C@H](O)O[C@](Cl)(COBr)[C@H]1Oc1cc2ccccc2[nH]1. The Balaban J connectivity index is 1.87. The summed E-state index contributed by atoms with van der Waals surface area (Å²) in [5.74, 6) is 0.414. The topological polar surface area (TPSA) is 83.9 Å². The predicted molar refractivity (Wildman–Crippen MR) is 79.3 cm³/mol. The Bertz CT molecular complexity index is 605. The van der Waals surface area contributed by atoms with Gasteiger partial charge in [-0.15, -0.1) is 0 Å². The molecule has 21 heavy (non-hydrogen) atoms. The van der Waals surface area contributed by atoms with Crippen molar-refractivity contribution >= 4 is 38.8 Å². The monoisotopic (exact) mass is 377 g/mol. The Hall–Kier alpha value is -0.830. The Morgan fingerprint density at radius 1 is 1.38 bits per heavy atom. The van der Waals surface area contributed by atoms with Crippen molar-refractivity contribution < 1.29 is 23.5 Å². The molecule has 3 rings (SSSR count). The highest BCUT2D eigenvalue weighted by atomic mass is 79.9. The normalized spacial score (nSPS) is 32.7. The number of hydrogen-bond donors (Lipinski definition) is 3. The minimum absolute atomic E-state index is 0.117. The first-order chi connectivity index (χ1) is 10.0. The van der Waals surface area contributed by atoms with E-state index >= 15 is 0 Å². The van der Waals surface area contributed by atoms with Crippen molar-refractivity contribution in [1.29, 1.82) is 0 Å². The minimum atomic E-state index is -1.50. The average molecular weight is 379 g/mol. The number of halogens is 2. The molecule has 0 amide bonds.